The maximum absolute atomic E-state index is 11.3. The summed E-state index contributed by atoms with van der Waals surface area (Å²) in [6, 6.07) is -1.53. The monoisotopic (exact) mass is 233 g/mol. The van der Waals surface area contributed by atoms with Gasteiger partial charge in [0.15, 0.2) is 6.04 Å². The molecule has 0 aliphatic heterocycles. The zero-order chi connectivity index (χ0) is 12.6. The number of nitrogens with zero attached hydrogens (tertiary/aromatic N) is 1. The third-order valence-electron chi connectivity index (χ3n) is 1.78. The van der Waals surface area contributed by atoms with Crippen molar-refractivity contribution in [1.29, 1.82) is 0 Å². The summed E-state index contributed by atoms with van der Waals surface area (Å²) < 4.78 is 4.68. The van der Waals surface area contributed by atoms with Gasteiger partial charge in [0, 0.05) is 20.2 Å². The highest BCUT2D eigenvalue weighted by Gasteiger charge is 2.19. The van der Waals surface area contributed by atoms with Gasteiger partial charge in [0.2, 0.25) is 0 Å². The predicted octanol–water partition coefficient (Wildman–Crippen LogP) is -1.05. The Morgan fingerprint density at radius 1 is 1.44 bits per heavy atom. The molecule has 0 aliphatic carbocycles. The first kappa shape index (κ1) is 14.7. The molecule has 3 N–H and O–H groups in total. The van der Waals surface area contributed by atoms with Crippen molar-refractivity contribution in [2.45, 2.75) is 6.04 Å². The van der Waals surface area contributed by atoms with Crippen LogP contribution in [0.3, 0.4) is 0 Å². The first-order valence-corrected chi connectivity index (χ1v) is 4.88. The molecule has 0 rings (SSSR count). The Morgan fingerprint density at radius 2 is 2.06 bits per heavy atom. The standard InChI is InChI=1S/C9H19N3O4/c1-12(2)5-4-10-9(15)11-7(6-16-3)8(13)14/h7H,4-6H2,1-3H3,(H,13,14)(H2,10,11,15). The normalized spacial score (nSPS) is 12.2. The molecular formula is C9H19N3O4. The molecule has 0 aromatic carbocycles. The second-order valence-corrected chi connectivity index (χ2v) is 3.55. The first-order chi connectivity index (χ1) is 7.47. The van der Waals surface area contributed by atoms with E-state index < -0.39 is 18.0 Å². The van der Waals surface area contributed by atoms with Crippen LogP contribution in [0.1, 0.15) is 0 Å². The molecule has 1 unspecified atom stereocenters. The summed E-state index contributed by atoms with van der Waals surface area (Å²) in [5.74, 6) is -1.12. The van der Waals surface area contributed by atoms with Gasteiger partial charge in [0.1, 0.15) is 0 Å². The maximum atomic E-state index is 11.3. The van der Waals surface area contributed by atoms with Crippen molar-refractivity contribution in [3.63, 3.8) is 0 Å². The fourth-order valence-electron chi connectivity index (χ4n) is 0.944. The number of nitrogens with one attached hydrogen (secondary N) is 2. The number of amides is 2. The second kappa shape index (κ2) is 7.89. The van der Waals surface area contributed by atoms with Crippen LogP contribution in [-0.2, 0) is 9.53 Å². The zero-order valence-corrected chi connectivity index (χ0v) is 9.82. The van der Waals surface area contributed by atoms with Gasteiger partial charge >= 0.3 is 12.0 Å². The van der Waals surface area contributed by atoms with E-state index in [1.165, 1.54) is 7.11 Å². The third kappa shape index (κ3) is 7.02. The van der Waals surface area contributed by atoms with Gasteiger partial charge in [-0.15, -0.1) is 0 Å². The number of ether oxygens (including phenoxy) is 1. The smallest absolute Gasteiger partial charge is 0.328 e. The van der Waals surface area contributed by atoms with Gasteiger partial charge in [-0.05, 0) is 14.1 Å². The Kier molecular flexibility index (Phi) is 7.23. The number of hydrogen-bond acceptors (Lipinski definition) is 4. The van der Waals surface area contributed by atoms with E-state index in [1.54, 1.807) is 0 Å². The predicted molar refractivity (Wildman–Crippen MR) is 58.4 cm³/mol. The summed E-state index contributed by atoms with van der Waals surface area (Å²) in [4.78, 5) is 23.8. The average Bonchev–Trinajstić information content (AvgIpc) is 2.16. The highest BCUT2D eigenvalue weighted by molar-refractivity contribution is 5.82. The number of carbonyl (C=O) groups is 2. The van der Waals surface area contributed by atoms with Gasteiger partial charge in [-0.1, -0.05) is 0 Å². The van der Waals surface area contributed by atoms with Gasteiger partial charge < -0.3 is 25.4 Å². The van der Waals surface area contributed by atoms with Gasteiger partial charge in [0.25, 0.3) is 0 Å². The van der Waals surface area contributed by atoms with Crippen molar-refractivity contribution < 1.29 is 19.4 Å². The minimum atomic E-state index is -1.12. The molecule has 16 heavy (non-hydrogen) atoms. The van der Waals surface area contributed by atoms with Crippen LogP contribution in [0.2, 0.25) is 0 Å². The van der Waals surface area contributed by atoms with Gasteiger partial charge in [-0.2, -0.15) is 0 Å². The molecule has 7 heteroatoms. The van der Waals surface area contributed by atoms with Gasteiger partial charge in [-0.25, -0.2) is 9.59 Å². The molecule has 0 saturated carbocycles. The molecule has 94 valence electrons. The van der Waals surface area contributed by atoms with E-state index in [0.717, 1.165) is 0 Å². The van der Waals surface area contributed by atoms with Crippen molar-refractivity contribution >= 4 is 12.0 Å². The lowest BCUT2D eigenvalue weighted by atomic mass is 10.3. The van der Waals surface area contributed by atoms with Crippen LogP contribution in [0.5, 0.6) is 0 Å². The van der Waals surface area contributed by atoms with Gasteiger partial charge in [0.05, 0.1) is 6.61 Å². The Balaban J connectivity index is 3.86. The Bertz CT molecular complexity index is 233. The van der Waals surface area contributed by atoms with E-state index in [-0.39, 0.29) is 6.61 Å². The number of rotatable bonds is 7. The molecule has 7 nitrogen and oxygen atoms in total. The van der Waals surface area contributed by atoms with Crippen LogP contribution in [0, 0.1) is 0 Å². The third-order valence-corrected chi connectivity index (χ3v) is 1.78. The van der Waals surface area contributed by atoms with Gasteiger partial charge in [-0.3, -0.25) is 0 Å². The summed E-state index contributed by atoms with van der Waals surface area (Å²) in [6.45, 7) is 1.09. The number of likely N-dealkylation sites (N-methyl/N-ethyl adjacent to an activating group) is 1. The molecule has 0 bridgehead atoms. The molecule has 0 heterocycles. The number of methoxy groups -OCH3 is 1. The van der Waals surface area contributed by atoms with E-state index >= 15 is 0 Å². The number of urea groups is 1. The lowest BCUT2D eigenvalue weighted by molar-refractivity contribution is -0.140. The Morgan fingerprint density at radius 3 is 2.50 bits per heavy atom. The molecule has 0 aliphatic rings. The molecule has 0 aromatic heterocycles. The molecule has 2 amide bonds. The number of hydrogen-bond donors (Lipinski definition) is 3. The fourth-order valence-corrected chi connectivity index (χ4v) is 0.944. The topological polar surface area (TPSA) is 90.9 Å². The molecule has 0 aromatic rings. The van der Waals surface area contributed by atoms with Crippen LogP contribution in [0.15, 0.2) is 0 Å². The van der Waals surface area contributed by atoms with Crippen molar-refractivity contribution in [1.82, 2.24) is 15.5 Å². The van der Waals surface area contributed by atoms with E-state index in [4.69, 9.17) is 5.11 Å². The average molecular weight is 233 g/mol. The fraction of sp³-hybridized carbons (Fsp3) is 0.778. The molecular weight excluding hydrogens is 214 g/mol. The highest BCUT2D eigenvalue weighted by atomic mass is 16.5. The molecule has 0 fully saturated rings. The minimum absolute atomic E-state index is 0.0591. The van der Waals surface area contributed by atoms with E-state index in [2.05, 4.69) is 15.4 Å². The van der Waals surface area contributed by atoms with E-state index in [0.29, 0.717) is 13.1 Å². The highest BCUT2D eigenvalue weighted by Crippen LogP contribution is 1.85. The zero-order valence-electron chi connectivity index (χ0n) is 9.82. The van der Waals surface area contributed by atoms with Crippen molar-refractivity contribution in [2.75, 3.05) is 40.9 Å². The molecule has 0 radical (unpaired) electrons. The van der Waals surface area contributed by atoms with Crippen LogP contribution in [-0.4, -0.2) is 69.0 Å². The Labute approximate surface area is 94.7 Å². The van der Waals surface area contributed by atoms with Crippen molar-refractivity contribution in [3.8, 4) is 0 Å². The van der Waals surface area contributed by atoms with Crippen LogP contribution < -0.4 is 10.6 Å². The Hall–Kier alpha value is -1.34. The SMILES string of the molecule is COCC(NC(=O)NCCN(C)C)C(=O)O. The lowest BCUT2D eigenvalue weighted by Crippen LogP contribution is -2.49. The second-order valence-electron chi connectivity index (χ2n) is 3.55. The number of carboxylic acids is 1. The minimum Gasteiger partial charge on any atom is -0.480 e. The van der Waals surface area contributed by atoms with Crippen LogP contribution in [0.4, 0.5) is 4.79 Å². The lowest BCUT2D eigenvalue weighted by Gasteiger charge is -2.15. The van der Waals surface area contributed by atoms with Crippen molar-refractivity contribution in [2.24, 2.45) is 0 Å². The first-order valence-electron chi connectivity index (χ1n) is 4.88. The summed E-state index contributed by atoms with van der Waals surface area (Å²) in [6.07, 6.45) is 0. The van der Waals surface area contributed by atoms with Crippen molar-refractivity contribution in [3.05, 3.63) is 0 Å². The summed E-state index contributed by atoms with van der Waals surface area (Å²) in [5.41, 5.74) is 0. The summed E-state index contributed by atoms with van der Waals surface area (Å²) >= 11 is 0. The van der Waals surface area contributed by atoms with Crippen LogP contribution >= 0.6 is 0 Å². The summed E-state index contributed by atoms with van der Waals surface area (Å²) in [5, 5.41) is 13.6. The maximum Gasteiger partial charge on any atom is 0.328 e. The number of aliphatic carboxylic acids is 1. The van der Waals surface area contributed by atoms with E-state index in [9.17, 15) is 9.59 Å². The molecule has 0 saturated heterocycles. The quantitative estimate of drug-likeness (QED) is 0.522. The van der Waals surface area contributed by atoms with E-state index in [1.807, 2.05) is 19.0 Å². The number of carboxylic acid groups (broad SMARTS) is 1. The number of carbonyl (C=O) groups excluding carboxylic acids is 1. The summed E-state index contributed by atoms with van der Waals surface area (Å²) in [7, 11) is 5.14. The van der Waals surface area contributed by atoms with Crippen LogP contribution in [0.25, 0.3) is 0 Å². The molecule has 1 atom stereocenters. The molecule has 0 spiro atoms. The largest absolute Gasteiger partial charge is 0.480 e.